The van der Waals surface area contributed by atoms with E-state index in [9.17, 15) is 13.2 Å². The van der Waals surface area contributed by atoms with Crippen molar-refractivity contribution in [3.63, 3.8) is 0 Å². The Bertz CT molecular complexity index is 1110. The molecule has 0 spiro atoms. The first kappa shape index (κ1) is 19.0. The average molecular weight is 418 g/mol. The van der Waals surface area contributed by atoms with E-state index in [-0.39, 0.29) is 17.5 Å². The summed E-state index contributed by atoms with van der Waals surface area (Å²) < 4.78 is 44.5. The first-order valence-corrected chi connectivity index (χ1v) is 9.29. The van der Waals surface area contributed by atoms with Gasteiger partial charge in [0, 0.05) is 11.1 Å². The normalized spacial score (nSPS) is 11.7. The summed E-state index contributed by atoms with van der Waals surface area (Å²) in [6, 6.07) is 13.9. The molecular formula is C18H13F3N6OS. The lowest BCUT2D eigenvalue weighted by molar-refractivity contribution is -0.137. The highest BCUT2D eigenvalue weighted by Gasteiger charge is 2.30. The minimum atomic E-state index is -4.39. The number of hydrogen-bond donors (Lipinski definition) is 1. The third kappa shape index (κ3) is 4.09. The minimum Gasteiger partial charge on any atom is -0.338 e. The Balaban J connectivity index is 1.45. The molecule has 0 saturated carbocycles. The first-order valence-electron chi connectivity index (χ1n) is 8.31. The topological polar surface area (TPSA) is 95.7 Å². The molecule has 2 heterocycles. The molecule has 0 fully saturated rings. The van der Waals surface area contributed by atoms with Crippen LogP contribution in [0.1, 0.15) is 11.5 Å². The van der Waals surface area contributed by atoms with Crippen molar-refractivity contribution >= 4 is 11.8 Å². The van der Waals surface area contributed by atoms with E-state index in [1.807, 2.05) is 30.3 Å². The maximum atomic E-state index is 12.7. The van der Waals surface area contributed by atoms with Gasteiger partial charge < -0.3 is 10.4 Å². The van der Waals surface area contributed by atoms with E-state index >= 15 is 0 Å². The number of alkyl halides is 3. The van der Waals surface area contributed by atoms with Crippen molar-refractivity contribution in [2.75, 3.05) is 5.84 Å². The van der Waals surface area contributed by atoms with E-state index in [2.05, 4.69) is 20.3 Å². The van der Waals surface area contributed by atoms with Crippen LogP contribution in [0.2, 0.25) is 0 Å². The largest absolute Gasteiger partial charge is 0.416 e. The van der Waals surface area contributed by atoms with E-state index in [0.29, 0.717) is 16.5 Å². The summed E-state index contributed by atoms with van der Waals surface area (Å²) in [5.74, 6) is 7.34. The van der Waals surface area contributed by atoms with Crippen molar-refractivity contribution in [2.24, 2.45) is 0 Å². The van der Waals surface area contributed by atoms with Crippen LogP contribution in [0.4, 0.5) is 13.2 Å². The maximum absolute atomic E-state index is 12.7. The minimum absolute atomic E-state index is 0.202. The number of hydrogen-bond acceptors (Lipinski definition) is 7. The van der Waals surface area contributed by atoms with Crippen molar-refractivity contribution in [3.8, 4) is 22.8 Å². The lowest BCUT2D eigenvalue weighted by Gasteiger charge is -2.05. The summed E-state index contributed by atoms with van der Waals surface area (Å²) in [7, 11) is 0. The molecule has 7 nitrogen and oxygen atoms in total. The molecule has 0 radical (unpaired) electrons. The summed E-state index contributed by atoms with van der Waals surface area (Å²) in [6.45, 7) is 0. The number of rotatable bonds is 5. The average Bonchev–Trinajstić information content (AvgIpc) is 3.33. The first-order chi connectivity index (χ1) is 13.9. The van der Waals surface area contributed by atoms with Crippen LogP contribution in [0.5, 0.6) is 0 Å². The van der Waals surface area contributed by atoms with Gasteiger partial charge in [-0.2, -0.15) is 18.2 Å². The van der Waals surface area contributed by atoms with Crippen LogP contribution in [-0.2, 0) is 11.9 Å². The van der Waals surface area contributed by atoms with E-state index in [1.165, 1.54) is 28.6 Å². The highest BCUT2D eigenvalue weighted by Crippen LogP contribution is 2.31. The van der Waals surface area contributed by atoms with Gasteiger partial charge in [0.05, 0.1) is 11.3 Å². The zero-order valence-corrected chi connectivity index (χ0v) is 15.5. The molecule has 0 saturated heterocycles. The van der Waals surface area contributed by atoms with Crippen molar-refractivity contribution in [1.29, 1.82) is 0 Å². The second-order valence-electron chi connectivity index (χ2n) is 5.92. The van der Waals surface area contributed by atoms with Crippen LogP contribution >= 0.6 is 11.8 Å². The van der Waals surface area contributed by atoms with Gasteiger partial charge in [0.15, 0.2) is 5.82 Å². The van der Waals surface area contributed by atoms with Gasteiger partial charge in [0.2, 0.25) is 16.9 Å². The van der Waals surface area contributed by atoms with Crippen molar-refractivity contribution < 1.29 is 17.7 Å². The number of thioether (sulfide) groups is 1. The maximum Gasteiger partial charge on any atom is 0.416 e. The molecule has 11 heteroatoms. The van der Waals surface area contributed by atoms with Gasteiger partial charge >= 0.3 is 6.18 Å². The summed E-state index contributed by atoms with van der Waals surface area (Å²) >= 11 is 1.25. The fraction of sp³-hybridized carbons (Fsp3) is 0.111. The predicted octanol–water partition coefficient (Wildman–Crippen LogP) is 4.02. The molecule has 0 aliphatic carbocycles. The number of benzene rings is 2. The molecule has 2 aromatic carbocycles. The standard InChI is InChI=1S/C18H13F3N6OS/c19-18(20,21)13-8-6-11(7-9-13)15-23-14(28-26-15)10-29-17-25-24-16(27(17)22)12-4-2-1-3-5-12/h1-9H,10,22H2. The number of nitrogen functional groups attached to an aromatic ring is 1. The molecule has 0 amide bonds. The molecule has 4 rings (SSSR count). The lowest BCUT2D eigenvalue weighted by Crippen LogP contribution is -2.11. The molecular weight excluding hydrogens is 405 g/mol. The quantitative estimate of drug-likeness (QED) is 0.386. The number of halogens is 3. The third-order valence-electron chi connectivity index (χ3n) is 3.96. The Morgan fingerprint density at radius 1 is 0.966 bits per heavy atom. The SMILES string of the molecule is Nn1c(SCc2nc(-c3ccc(C(F)(F)F)cc3)no2)nnc1-c1ccccc1. The third-order valence-corrected chi connectivity index (χ3v) is 4.89. The van der Waals surface area contributed by atoms with Gasteiger partial charge in [0.1, 0.15) is 0 Å². The highest BCUT2D eigenvalue weighted by molar-refractivity contribution is 7.98. The van der Waals surface area contributed by atoms with Crippen LogP contribution in [-0.4, -0.2) is 25.0 Å². The number of nitrogens with two attached hydrogens (primary N) is 1. The Morgan fingerprint density at radius 2 is 1.69 bits per heavy atom. The van der Waals surface area contributed by atoms with E-state index in [1.54, 1.807) is 0 Å². The molecule has 0 bridgehead atoms. The molecule has 29 heavy (non-hydrogen) atoms. The Kier molecular flexibility index (Phi) is 4.97. The van der Waals surface area contributed by atoms with Crippen LogP contribution in [0.15, 0.2) is 64.3 Å². The van der Waals surface area contributed by atoms with E-state index in [0.717, 1.165) is 17.7 Å². The number of nitrogens with zero attached hydrogens (tertiary/aromatic N) is 5. The molecule has 4 aromatic rings. The summed E-state index contributed by atoms with van der Waals surface area (Å²) in [5.41, 5.74) is 0.514. The second kappa shape index (κ2) is 7.59. The van der Waals surface area contributed by atoms with Crippen LogP contribution in [0.25, 0.3) is 22.8 Å². The second-order valence-corrected chi connectivity index (χ2v) is 6.86. The molecule has 0 unspecified atom stereocenters. The van der Waals surface area contributed by atoms with Gasteiger partial charge in [-0.3, -0.25) is 0 Å². The fourth-order valence-corrected chi connectivity index (χ4v) is 3.22. The Hall–Kier alpha value is -3.34. The predicted molar refractivity (Wildman–Crippen MR) is 99.9 cm³/mol. The zero-order chi connectivity index (χ0) is 20.4. The highest BCUT2D eigenvalue weighted by atomic mass is 32.2. The molecule has 0 atom stereocenters. The van der Waals surface area contributed by atoms with Crippen LogP contribution in [0.3, 0.4) is 0 Å². The molecule has 148 valence electrons. The van der Waals surface area contributed by atoms with Crippen molar-refractivity contribution in [3.05, 3.63) is 66.1 Å². The van der Waals surface area contributed by atoms with Gasteiger partial charge in [0.25, 0.3) is 0 Å². The zero-order valence-electron chi connectivity index (χ0n) is 14.7. The smallest absolute Gasteiger partial charge is 0.338 e. The van der Waals surface area contributed by atoms with Gasteiger partial charge in [-0.25, -0.2) is 4.68 Å². The van der Waals surface area contributed by atoms with Gasteiger partial charge in [-0.05, 0) is 12.1 Å². The summed E-state index contributed by atoms with van der Waals surface area (Å²) in [6.07, 6.45) is -4.39. The fourth-order valence-electron chi connectivity index (χ4n) is 2.52. The summed E-state index contributed by atoms with van der Waals surface area (Å²) in [5, 5.41) is 12.4. The number of aromatic nitrogens is 5. The Morgan fingerprint density at radius 3 is 2.38 bits per heavy atom. The summed E-state index contributed by atoms with van der Waals surface area (Å²) in [4.78, 5) is 4.20. The van der Waals surface area contributed by atoms with Gasteiger partial charge in [-0.15, -0.1) is 10.2 Å². The Labute approximate surface area is 166 Å². The van der Waals surface area contributed by atoms with E-state index in [4.69, 9.17) is 10.4 Å². The monoisotopic (exact) mass is 418 g/mol. The van der Waals surface area contributed by atoms with Crippen LogP contribution < -0.4 is 5.84 Å². The van der Waals surface area contributed by atoms with Crippen molar-refractivity contribution in [1.82, 2.24) is 25.0 Å². The van der Waals surface area contributed by atoms with Crippen molar-refractivity contribution in [2.45, 2.75) is 17.1 Å². The molecule has 2 aromatic heterocycles. The van der Waals surface area contributed by atoms with Crippen LogP contribution in [0, 0.1) is 0 Å². The van der Waals surface area contributed by atoms with Gasteiger partial charge in [-0.1, -0.05) is 59.4 Å². The molecule has 0 aliphatic rings. The molecule has 2 N–H and O–H groups in total. The molecule has 0 aliphatic heterocycles. The van der Waals surface area contributed by atoms with E-state index < -0.39 is 11.7 Å². The lowest BCUT2D eigenvalue weighted by atomic mass is 10.1.